The van der Waals surface area contributed by atoms with Crippen molar-refractivity contribution in [2.75, 3.05) is 14.2 Å². The Morgan fingerprint density at radius 3 is 2.58 bits per heavy atom. The third-order valence-corrected chi connectivity index (χ3v) is 9.56. The van der Waals surface area contributed by atoms with Crippen LogP contribution < -0.4 is 10.1 Å². The number of nitriles is 1. The molecular formula is C32H31ClFN3O2S. The number of fused-ring (bicyclic) bond motifs is 1. The lowest BCUT2D eigenvalue weighted by Gasteiger charge is -2.37. The van der Waals surface area contributed by atoms with Crippen molar-refractivity contribution < 1.29 is 13.9 Å². The molecule has 3 aromatic carbocycles. The first-order valence-electron chi connectivity index (χ1n) is 13.4. The van der Waals surface area contributed by atoms with Crippen molar-refractivity contribution in [2.24, 2.45) is 0 Å². The Morgan fingerprint density at radius 2 is 1.90 bits per heavy atom. The molecule has 8 heteroatoms. The number of nitrogens with one attached hydrogen (secondary N) is 1. The highest BCUT2D eigenvalue weighted by atomic mass is 35.5. The van der Waals surface area contributed by atoms with Gasteiger partial charge in [-0.25, -0.2) is 4.39 Å². The molecule has 1 heterocycles. The van der Waals surface area contributed by atoms with E-state index in [9.17, 15) is 14.4 Å². The van der Waals surface area contributed by atoms with Gasteiger partial charge in [0.25, 0.3) is 5.91 Å². The van der Waals surface area contributed by atoms with Crippen molar-refractivity contribution >= 4 is 38.9 Å². The van der Waals surface area contributed by atoms with E-state index in [2.05, 4.69) is 11.4 Å². The molecule has 4 aromatic rings. The van der Waals surface area contributed by atoms with Gasteiger partial charge in [-0.2, -0.15) is 5.26 Å². The second-order valence-electron chi connectivity index (χ2n) is 10.3. The van der Waals surface area contributed by atoms with Gasteiger partial charge in [0.2, 0.25) is 0 Å². The number of ether oxygens (including phenoxy) is 1. The SMILES string of the molecule is CN[C@H]1CC[C@H](N(Cc2cc(-c3cccc(C#N)c3)ccc2OC)C(=O)c2sc3c(F)ccc(C)c3c2Cl)CC1. The van der Waals surface area contributed by atoms with Crippen LogP contribution in [0.3, 0.4) is 0 Å². The van der Waals surface area contributed by atoms with Gasteiger partial charge in [-0.05, 0) is 86.7 Å². The minimum Gasteiger partial charge on any atom is -0.496 e. The van der Waals surface area contributed by atoms with Gasteiger partial charge in [0.15, 0.2) is 0 Å². The summed E-state index contributed by atoms with van der Waals surface area (Å²) in [5.74, 6) is 0.102. The van der Waals surface area contributed by atoms with Crippen molar-refractivity contribution in [3.8, 4) is 22.9 Å². The minimum atomic E-state index is -0.374. The van der Waals surface area contributed by atoms with E-state index in [-0.39, 0.29) is 17.8 Å². The normalized spacial score (nSPS) is 17.0. The predicted octanol–water partition coefficient (Wildman–Crippen LogP) is 7.72. The fraction of sp³-hybridized carbons (Fsp3) is 0.312. The molecule has 5 nitrogen and oxygen atoms in total. The van der Waals surface area contributed by atoms with Crippen LogP contribution in [0.25, 0.3) is 21.2 Å². The van der Waals surface area contributed by atoms with E-state index in [0.29, 0.717) is 43.9 Å². The number of aryl methyl sites for hydroxylation is 1. The fourth-order valence-electron chi connectivity index (χ4n) is 5.63. The number of amides is 1. The predicted molar refractivity (Wildman–Crippen MR) is 160 cm³/mol. The number of rotatable bonds is 7. The zero-order chi connectivity index (χ0) is 28.4. The zero-order valence-corrected chi connectivity index (χ0v) is 24.3. The largest absolute Gasteiger partial charge is 0.496 e. The molecule has 5 rings (SSSR count). The quantitative estimate of drug-likeness (QED) is 0.245. The summed E-state index contributed by atoms with van der Waals surface area (Å²) in [6, 6.07) is 19.0. The number of nitrogens with zero attached hydrogens (tertiary/aromatic N) is 2. The average molecular weight is 576 g/mol. The lowest BCUT2D eigenvalue weighted by molar-refractivity contribution is 0.0604. The van der Waals surface area contributed by atoms with E-state index in [0.717, 1.165) is 59.3 Å². The minimum absolute atomic E-state index is 0.000369. The third-order valence-electron chi connectivity index (χ3n) is 7.89. The molecule has 1 aliphatic rings. The number of carbonyl (C=O) groups excluding carboxylic acids is 1. The Balaban J connectivity index is 1.56. The van der Waals surface area contributed by atoms with Crippen LogP contribution in [0.5, 0.6) is 5.75 Å². The van der Waals surface area contributed by atoms with Crippen molar-refractivity contribution in [1.82, 2.24) is 10.2 Å². The van der Waals surface area contributed by atoms with E-state index < -0.39 is 0 Å². The van der Waals surface area contributed by atoms with Crippen LogP contribution in [0.4, 0.5) is 4.39 Å². The molecule has 0 aliphatic heterocycles. The Morgan fingerprint density at radius 1 is 1.15 bits per heavy atom. The van der Waals surface area contributed by atoms with Crippen LogP contribution >= 0.6 is 22.9 Å². The molecule has 1 aliphatic carbocycles. The van der Waals surface area contributed by atoms with Gasteiger partial charge in [0, 0.05) is 29.6 Å². The van der Waals surface area contributed by atoms with E-state index in [4.69, 9.17) is 16.3 Å². The number of hydrogen-bond acceptors (Lipinski definition) is 5. The highest BCUT2D eigenvalue weighted by Gasteiger charge is 2.32. The van der Waals surface area contributed by atoms with E-state index in [1.54, 1.807) is 19.2 Å². The van der Waals surface area contributed by atoms with Gasteiger partial charge in [-0.3, -0.25) is 4.79 Å². The maximum atomic E-state index is 14.7. The van der Waals surface area contributed by atoms with Crippen molar-refractivity contribution in [3.63, 3.8) is 0 Å². The second-order valence-corrected chi connectivity index (χ2v) is 11.7. The number of benzene rings is 3. The van der Waals surface area contributed by atoms with Gasteiger partial charge in [0.1, 0.15) is 16.4 Å². The molecule has 0 atom stereocenters. The standard InChI is InChI=1S/C32H31ClFN3O2S/c1-19-7-13-26(34)30-28(19)29(33)31(40-30)32(38)37(25-11-9-24(36-2)10-12-25)18-23-16-22(8-14-27(23)39-3)21-6-4-5-20(15-21)17-35/h4-8,13-16,24-25,36H,9-12,18H2,1-3H3/t24-,25-. The van der Waals surface area contributed by atoms with Gasteiger partial charge in [-0.15, -0.1) is 11.3 Å². The molecule has 0 saturated heterocycles. The summed E-state index contributed by atoms with van der Waals surface area (Å²) in [5.41, 5.74) is 4.11. The smallest absolute Gasteiger partial charge is 0.266 e. The third kappa shape index (κ3) is 5.44. The molecular weight excluding hydrogens is 545 g/mol. The number of methoxy groups -OCH3 is 1. The highest BCUT2D eigenvalue weighted by molar-refractivity contribution is 7.21. The Kier molecular flexibility index (Phi) is 8.41. The number of hydrogen-bond donors (Lipinski definition) is 1. The molecule has 1 saturated carbocycles. The number of halogens is 2. The first-order valence-corrected chi connectivity index (χ1v) is 14.6. The molecule has 1 fully saturated rings. The first-order chi connectivity index (χ1) is 19.3. The summed E-state index contributed by atoms with van der Waals surface area (Å²) in [5, 5.41) is 13.6. The second kappa shape index (κ2) is 12.0. The summed E-state index contributed by atoms with van der Waals surface area (Å²) in [6.07, 6.45) is 3.60. The highest BCUT2D eigenvalue weighted by Crippen LogP contribution is 2.41. The number of thiophene rings is 1. The molecule has 1 amide bonds. The van der Waals surface area contributed by atoms with Crippen molar-refractivity contribution in [2.45, 2.75) is 51.2 Å². The van der Waals surface area contributed by atoms with E-state index in [1.165, 1.54) is 6.07 Å². The summed E-state index contributed by atoms with van der Waals surface area (Å²) in [4.78, 5) is 16.5. The van der Waals surface area contributed by atoms with Crippen LogP contribution in [0.1, 0.15) is 52.0 Å². The molecule has 0 bridgehead atoms. The van der Waals surface area contributed by atoms with Gasteiger partial charge in [-0.1, -0.05) is 35.9 Å². The van der Waals surface area contributed by atoms with Gasteiger partial charge >= 0.3 is 0 Å². The lowest BCUT2D eigenvalue weighted by Crippen LogP contribution is -2.44. The van der Waals surface area contributed by atoms with Gasteiger partial charge < -0.3 is 15.0 Å². The molecule has 1 N–H and O–H groups in total. The van der Waals surface area contributed by atoms with Gasteiger partial charge in [0.05, 0.1) is 28.5 Å². The summed E-state index contributed by atoms with van der Waals surface area (Å²) < 4.78 is 20.9. The average Bonchev–Trinajstić information content (AvgIpc) is 3.35. The Hall–Kier alpha value is -3.44. The molecule has 0 radical (unpaired) electrons. The Labute approximate surface area is 243 Å². The van der Waals surface area contributed by atoms with Crippen LogP contribution in [0.15, 0.2) is 54.6 Å². The van der Waals surface area contributed by atoms with E-state index in [1.807, 2.05) is 55.3 Å². The number of carbonyl (C=O) groups is 1. The Bertz CT molecular complexity index is 1600. The van der Waals surface area contributed by atoms with Crippen molar-refractivity contribution in [3.05, 3.63) is 87.0 Å². The van der Waals surface area contributed by atoms with Crippen molar-refractivity contribution in [1.29, 1.82) is 5.26 Å². The first kappa shape index (κ1) is 28.1. The summed E-state index contributed by atoms with van der Waals surface area (Å²) >= 11 is 7.91. The monoisotopic (exact) mass is 575 g/mol. The lowest BCUT2D eigenvalue weighted by atomic mass is 9.89. The van der Waals surface area contributed by atoms with E-state index >= 15 is 0 Å². The molecule has 40 heavy (non-hydrogen) atoms. The topological polar surface area (TPSA) is 65.4 Å². The molecule has 206 valence electrons. The zero-order valence-electron chi connectivity index (χ0n) is 22.8. The maximum absolute atomic E-state index is 14.7. The maximum Gasteiger partial charge on any atom is 0.266 e. The summed E-state index contributed by atoms with van der Waals surface area (Å²) in [7, 11) is 3.59. The van der Waals surface area contributed by atoms with Crippen LogP contribution in [-0.4, -0.2) is 37.0 Å². The summed E-state index contributed by atoms with van der Waals surface area (Å²) in [6.45, 7) is 2.19. The van der Waals surface area contributed by atoms with Crippen LogP contribution in [0.2, 0.25) is 5.02 Å². The van der Waals surface area contributed by atoms with Crippen LogP contribution in [0, 0.1) is 24.1 Å². The molecule has 0 spiro atoms. The molecule has 1 aromatic heterocycles. The fourth-order valence-corrected chi connectivity index (χ4v) is 7.26. The van der Waals surface area contributed by atoms with Crippen LogP contribution in [-0.2, 0) is 6.54 Å². The molecule has 0 unspecified atom stereocenters.